The maximum atomic E-state index is 13.9. The molecule has 1 amide bonds. The van der Waals surface area contributed by atoms with Crippen molar-refractivity contribution >= 4 is 5.91 Å². The predicted molar refractivity (Wildman–Crippen MR) is 59.5 cm³/mol. The summed E-state index contributed by atoms with van der Waals surface area (Å²) in [5, 5.41) is 8.42. The molecule has 0 aromatic heterocycles. The number of rotatable bonds is 5. The minimum atomic E-state index is -4.17. The van der Waals surface area contributed by atoms with Crippen LogP contribution in [0.25, 0.3) is 0 Å². The van der Waals surface area contributed by atoms with E-state index in [1.165, 1.54) is 18.2 Å². The average molecular weight is 272 g/mol. The lowest BCUT2D eigenvalue weighted by molar-refractivity contribution is -0.203. The Morgan fingerprint density at radius 2 is 2.05 bits per heavy atom. The van der Waals surface area contributed by atoms with Gasteiger partial charge in [0.25, 0.3) is 5.91 Å². The van der Waals surface area contributed by atoms with Gasteiger partial charge in [-0.3, -0.25) is 4.79 Å². The quantitative estimate of drug-likeness (QED) is 0.886. The molecule has 1 atom stereocenters. The number of carbonyl (C=O) groups is 1. The SMILES string of the molecule is C[C@@](OCC#N)(c1ccccc1F)C(F)(F)C(N)=O. The number of benzene rings is 1. The van der Waals surface area contributed by atoms with Crippen LogP contribution in [0.15, 0.2) is 24.3 Å². The number of nitrogens with zero attached hydrogens (tertiary/aromatic N) is 1. The highest BCUT2D eigenvalue weighted by atomic mass is 19.3. The zero-order valence-corrected chi connectivity index (χ0v) is 9.99. The number of alkyl halides is 2. The van der Waals surface area contributed by atoms with Crippen molar-refractivity contribution in [2.45, 2.75) is 18.4 Å². The first-order valence-corrected chi connectivity index (χ1v) is 5.21. The Hall–Kier alpha value is -2.07. The van der Waals surface area contributed by atoms with Crippen molar-refractivity contribution in [3.05, 3.63) is 35.6 Å². The molecule has 0 bridgehead atoms. The second-order valence-electron chi connectivity index (χ2n) is 3.90. The molecular weight excluding hydrogens is 261 g/mol. The standard InChI is InChI=1S/C12H11F3N2O2/c1-11(19-7-6-16,12(14,15)10(17)18)8-4-2-3-5-9(8)13/h2-5H,7H2,1H3,(H2,17,18)/t11-/m1/s1. The van der Waals surface area contributed by atoms with E-state index < -0.39 is 35.4 Å². The second-order valence-corrected chi connectivity index (χ2v) is 3.90. The van der Waals surface area contributed by atoms with Gasteiger partial charge >= 0.3 is 5.92 Å². The summed E-state index contributed by atoms with van der Waals surface area (Å²) < 4.78 is 46.2. The largest absolute Gasteiger partial charge is 0.364 e. The first-order valence-electron chi connectivity index (χ1n) is 5.21. The molecule has 0 saturated heterocycles. The second kappa shape index (κ2) is 5.28. The van der Waals surface area contributed by atoms with Gasteiger partial charge in [-0.2, -0.15) is 14.0 Å². The number of carbonyl (C=O) groups excluding carboxylic acids is 1. The molecule has 0 aliphatic rings. The molecule has 2 N–H and O–H groups in total. The van der Waals surface area contributed by atoms with Crippen LogP contribution in [0.2, 0.25) is 0 Å². The summed E-state index contributed by atoms with van der Waals surface area (Å²) in [7, 11) is 0. The van der Waals surface area contributed by atoms with Gasteiger partial charge in [-0.05, 0) is 13.0 Å². The van der Waals surface area contributed by atoms with E-state index >= 15 is 0 Å². The summed E-state index contributed by atoms with van der Waals surface area (Å²) in [5.74, 6) is -7.12. The van der Waals surface area contributed by atoms with Gasteiger partial charge in [0.2, 0.25) is 0 Å². The summed E-state index contributed by atoms with van der Waals surface area (Å²) in [6.45, 7) is 0.0707. The minimum absolute atomic E-state index is 0.547. The number of ether oxygens (including phenoxy) is 1. The molecule has 0 radical (unpaired) electrons. The van der Waals surface area contributed by atoms with Crippen LogP contribution < -0.4 is 5.73 Å². The van der Waals surface area contributed by atoms with Gasteiger partial charge in [0.05, 0.1) is 6.07 Å². The van der Waals surface area contributed by atoms with Crippen LogP contribution in [0.1, 0.15) is 12.5 Å². The van der Waals surface area contributed by atoms with E-state index in [0.717, 1.165) is 19.1 Å². The zero-order chi connectivity index (χ0) is 14.7. The van der Waals surface area contributed by atoms with Crippen molar-refractivity contribution < 1.29 is 22.7 Å². The summed E-state index contributed by atoms with van der Waals surface area (Å²) in [4.78, 5) is 10.9. The van der Waals surface area contributed by atoms with Gasteiger partial charge in [0, 0.05) is 5.56 Å². The maximum absolute atomic E-state index is 13.9. The molecule has 1 rings (SSSR count). The third kappa shape index (κ3) is 2.53. The highest BCUT2D eigenvalue weighted by molar-refractivity contribution is 5.83. The molecule has 0 spiro atoms. The van der Waals surface area contributed by atoms with Crippen LogP contribution in [0.4, 0.5) is 13.2 Å². The highest BCUT2D eigenvalue weighted by Crippen LogP contribution is 2.41. The third-order valence-electron chi connectivity index (χ3n) is 2.72. The lowest BCUT2D eigenvalue weighted by Gasteiger charge is -2.35. The van der Waals surface area contributed by atoms with Crippen LogP contribution in [-0.2, 0) is 15.1 Å². The highest BCUT2D eigenvalue weighted by Gasteiger charge is 2.58. The molecule has 0 aliphatic heterocycles. The van der Waals surface area contributed by atoms with Crippen molar-refractivity contribution in [1.82, 2.24) is 0 Å². The summed E-state index contributed by atoms with van der Waals surface area (Å²) in [6, 6.07) is 6.09. The van der Waals surface area contributed by atoms with Crippen LogP contribution in [0.5, 0.6) is 0 Å². The van der Waals surface area contributed by atoms with Gasteiger partial charge < -0.3 is 10.5 Å². The number of hydrogen-bond acceptors (Lipinski definition) is 3. The molecule has 7 heteroatoms. The van der Waals surface area contributed by atoms with Gasteiger partial charge in [-0.1, -0.05) is 18.2 Å². The molecule has 0 fully saturated rings. The lowest BCUT2D eigenvalue weighted by Crippen LogP contribution is -2.54. The molecule has 0 heterocycles. The van der Waals surface area contributed by atoms with E-state index in [1.54, 1.807) is 0 Å². The van der Waals surface area contributed by atoms with Gasteiger partial charge in [-0.15, -0.1) is 0 Å². The van der Waals surface area contributed by atoms with Crippen molar-refractivity contribution in [3.8, 4) is 6.07 Å². The van der Waals surface area contributed by atoms with E-state index in [9.17, 15) is 18.0 Å². The van der Waals surface area contributed by atoms with E-state index in [-0.39, 0.29) is 0 Å². The fourth-order valence-corrected chi connectivity index (χ4v) is 1.60. The molecule has 0 unspecified atom stereocenters. The van der Waals surface area contributed by atoms with Crippen molar-refractivity contribution in [2.24, 2.45) is 5.73 Å². The van der Waals surface area contributed by atoms with Gasteiger partial charge in [0.15, 0.2) is 5.60 Å². The molecule has 0 aliphatic carbocycles. The number of hydrogen-bond donors (Lipinski definition) is 1. The van der Waals surface area contributed by atoms with Gasteiger partial charge in [-0.25, -0.2) is 4.39 Å². The normalized spacial score (nSPS) is 14.5. The summed E-state index contributed by atoms with van der Waals surface area (Å²) >= 11 is 0. The zero-order valence-electron chi connectivity index (χ0n) is 9.99. The fourth-order valence-electron chi connectivity index (χ4n) is 1.60. The van der Waals surface area contributed by atoms with E-state index in [2.05, 4.69) is 5.73 Å². The summed E-state index contributed by atoms with van der Waals surface area (Å²) in [6.07, 6.45) is 0. The molecule has 1 aromatic carbocycles. The van der Waals surface area contributed by atoms with Crippen LogP contribution in [0, 0.1) is 17.1 Å². The van der Waals surface area contributed by atoms with Crippen molar-refractivity contribution in [3.63, 3.8) is 0 Å². The number of nitrogens with two attached hydrogens (primary N) is 1. The topological polar surface area (TPSA) is 76.1 Å². The predicted octanol–water partition coefficient (Wildman–Crippen LogP) is 1.70. The molecule has 4 nitrogen and oxygen atoms in total. The molecular formula is C12H11F3N2O2. The van der Waals surface area contributed by atoms with Crippen molar-refractivity contribution in [2.75, 3.05) is 6.61 Å². The average Bonchev–Trinajstić information content (AvgIpc) is 2.36. The van der Waals surface area contributed by atoms with E-state index in [4.69, 9.17) is 10.00 Å². The number of nitriles is 1. The van der Waals surface area contributed by atoms with Gasteiger partial charge in [0.1, 0.15) is 12.4 Å². The first-order chi connectivity index (χ1) is 8.77. The van der Waals surface area contributed by atoms with Crippen LogP contribution >= 0.6 is 0 Å². The number of primary amides is 1. The summed E-state index contributed by atoms with van der Waals surface area (Å²) in [5.41, 5.74) is 1.44. The Morgan fingerprint density at radius 1 is 1.47 bits per heavy atom. The monoisotopic (exact) mass is 272 g/mol. The Morgan fingerprint density at radius 3 is 2.53 bits per heavy atom. The fraction of sp³-hybridized carbons (Fsp3) is 0.333. The van der Waals surface area contributed by atoms with Crippen LogP contribution in [-0.4, -0.2) is 18.4 Å². The maximum Gasteiger partial charge on any atom is 0.356 e. The van der Waals surface area contributed by atoms with Crippen molar-refractivity contribution in [1.29, 1.82) is 5.26 Å². The minimum Gasteiger partial charge on any atom is -0.364 e. The molecule has 19 heavy (non-hydrogen) atoms. The Kier molecular flexibility index (Phi) is 4.17. The van der Waals surface area contributed by atoms with Crippen LogP contribution in [0.3, 0.4) is 0 Å². The van der Waals surface area contributed by atoms with E-state index in [0.29, 0.717) is 0 Å². The molecule has 1 aromatic rings. The Bertz CT molecular complexity index is 528. The number of amides is 1. The van der Waals surface area contributed by atoms with E-state index in [1.807, 2.05) is 0 Å². The Labute approximate surface area is 107 Å². The first kappa shape index (κ1) is 15.0. The third-order valence-corrected chi connectivity index (χ3v) is 2.72. The number of halogens is 3. The molecule has 102 valence electrons. The Balaban J connectivity index is 3.41. The lowest BCUT2D eigenvalue weighted by atomic mass is 9.88. The smallest absolute Gasteiger partial charge is 0.356 e. The molecule has 0 saturated carbocycles.